The highest BCUT2D eigenvalue weighted by molar-refractivity contribution is 8.24. The average molecular weight is 446 g/mol. The number of aromatic nitrogens is 2. The van der Waals surface area contributed by atoms with E-state index in [1.54, 1.807) is 48.5 Å². The fourth-order valence-corrected chi connectivity index (χ4v) is 5.59. The molecule has 0 amide bonds. The van der Waals surface area contributed by atoms with Crippen LogP contribution in [0, 0.1) is 5.82 Å². The predicted octanol–water partition coefficient (Wildman–Crippen LogP) is 3.58. The monoisotopic (exact) mass is 445 g/mol. The van der Waals surface area contributed by atoms with Crippen molar-refractivity contribution in [1.82, 2.24) is 14.2 Å². The van der Waals surface area contributed by atoms with Crippen molar-refractivity contribution in [2.45, 2.75) is 31.2 Å². The third kappa shape index (κ3) is 3.63. The summed E-state index contributed by atoms with van der Waals surface area (Å²) < 4.78 is 21.6. The minimum absolute atomic E-state index is 0.287. The minimum Gasteiger partial charge on any atom is -0.333 e. The summed E-state index contributed by atoms with van der Waals surface area (Å²) in [5, 5.41) is 0. The highest BCUT2D eigenvalue weighted by atomic mass is 32.2. The van der Waals surface area contributed by atoms with Crippen molar-refractivity contribution in [1.29, 1.82) is 0 Å². The van der Waals surface area contributed by atoms with Gasteiger partial charge in [-0.2, -0.15) is 4.57 Å². The summed E-state index contributed by atoms with van der Waals surface area (Å²) in [6.45, 7) is 4.25. The van der Waals surface area contributed by atoms with Gasteiger partial charge in [0.1, 0.15) is 10.1 Å². The molecule has 1 unspecified atom stereocenters. The van der Waals surface area contributed by atoms with Crippen molar-refractivity contribution in [3.63, 3.8) is 0 Å². The molecule has 0 spiro atoms. The first kappa shape index (κ1) is 20.6. The number of rotatable bonds is 5. The number of para-hydroxylation sites is 1. The van der Waals surface area contributed by atoms with E-state index in [0.29, 0.717) is 28.5 Å². The van der Waals surface area contributed by atoms with Gasteiger partial charge < -0.3 is 9.42 Å². The Labute approximate surface area is 181 Å². The number of hydrogen-bond donors (Lipinski definition) is 0. The predicted molar refractivity (Wildman–Crippen MR) is 119 cm³/mol. The highest BCUT2D eigenvalue weighted by Gasteiger charge is 2.48. The van der Waals surface area contributed by atoms with Gasteiger partial charge in [0.05, 0.1) is 10.4 Å². The number of thioether (sulfide) groups is 1. The van der Waals surface area contributed by atoms with Crippen LogP contribution in [-0.2, 0) is 6.42 Å². The van der Waals surface area contributed by atoms with Gasteiger partial charge in [0.15, 0.2) is 6.17 Å². The molecule has 0 bridgehead atoms. The Kier molecular flexibility index (Phi) is 5.42. The molecule has 30 heavy (non-hydrogen) atoms. The van der Waals surface area contributed by atoms with Crippen molar-refractivity contribution >= 4 is 28.3 Å². The molecule has 2 aromatic carbocycles. The molecular formula is C21H20FN3O3S2. The van der Waals surface area contributed by atoms with Crippen LogP contribution in [0.2, 0.25) is 0 Å². The molecule has 6 nitrogen and oxygen atoms in total. The first-order chi connectivity index (χ1) is 14.3. The second kappa shape index (κ2) is 7.88. The molecule has 0 aliphatic carbocycles. The Morgan fingerprint density at radius 2 is 1.77 bits per heavy atom. The molecule has 1 aliphatic rings. The van der Waals surface area contributed by atoms with Crippen LogP contribution < -0.4 is 11.4 Å². The highest BCUT2D eigenvalue weighted by Crippen LogP contribution is 2.46. The molecule has 0 N–H and O–H groups in total. The summed E-state index contributed by atoms with van der Waals surface area (Å²) in [5.41, 5.74) is 0.411. The minimum atomic E-state index is -0.765. The molecule has 1 aromatic heterocycles. The van der Waals surface area contributed by atoms with Crippen molar-refractivity contribution in [3.05, 3.63) is 87.0 Å². The van der Waals surface area contributed by atoms with E-state index in [9.17, 15) is 14.0 Å². The number of halogens is 1. The smallest absolute Gasteiger partial charge is 0.333 e. The van der Waals surface area contributed by atoms with Gasteiger partial charge in [0.2, 0.25) is 0 Å². The van der Waals surface area contributed by atoms with Crippen molar-refractivity contribution in [2.75, 3.05) is 6.54 Å². The average Bonchev–Trinajstić information content (AvgIpc) is 3.11. The molecule has 0 radical (unpaired) electrons. The van der Waals surface area contributed by atoms with Crippen LogP contribution in [0.15, 0.2) is 68.7 Å². The van der Waals surface area contributed by atoms with Gasteiger partial charge >= 0.3 is 11.4 Å². The van der Waals surface area contributed by atoms with E-state index in [-0.39, 0.29) is 5.82 Å². The Morgan fingerprint density at radius 1 is 1.10 bits per heavy atom. The third-order valence-corrected chi connectivity index (χ3v) is 6.69. The molecule has 2 heterocycles. The number of benzene rings is 2. The van der Waals surface area contributed by atoms with E-state index in [1.165, 1.54) is 17.8 Å². The molecule has 4 rings (SSSR count). The zero-order valence-corrected chi connectivity index (χ0v) is 18.1. The van der Waals surface area contributed by atoms with Crippen LogP contribution in [0.4, 0.5) is 4.39 Å². The summed E-state index contributed by atoms with van der Waals surface area (Å²) in [5.74, 6) is -1.05. The molecule has 1 aliphatic heterocycles. The maximum atomic E-state index is 14.1. The van der Waals surface area contributed by atoms with Crippen molar-refractivity contribution in [3.8, 4) is 5.69 Å². The molecule has 3 aromatic rings. The third-order valence-electron chi connectivity index (χ3n) is 5.06. The maximum absolute atomic E-state index is 14.1. The lowest BCUT2D eigenvalue weighted by Crippen LogP contribution is -2.43. The topological polar surface area (TPSA) is 60.4 Å². The van der Waals surface area contributed by atoms with Crippen LogP contribution in [0.1, 0.15) is 25.6 Å². The van der Waals surface area contributed by atoms with E-state index in [4.69, 9.17) is 16.7 Å². The first-order valence-electron chi connectivity index (χ1n) is 9.43. The lowest BCUT2D eigenvalue weighted by molar-refractivity contribution is 0.0909. The van der Waals surface area contributed by atoms with Crippen molar-refractivity contribution < 1.29 is 8.91 Å². The van der Waals surface area contributed by atoms with Gasteiger partial charge in [-0.25, -0.2) is 14.0 Å². The fourth-order valence-electron chi connectivity index (χ4n) is 3.66. The lowest BCUT2D eigenvalue weighted by Gasteiger charge is -2.30. The van der Waals surface area contributed by atoms with E-state index < -0.39 is 22.4 Å². The summed E-state index contributed by atoms with van der Waals surface area (Å²) in [6.07, 6.45) is -0.217. The Balaban J connectivity index is 1.72. The van der Waals surface area contributed by atoms with Crippen LogP contribution >= 0.6 is 24.0 Å². The standard InChI is InChI=1S/C21H20FN3O3S2/c1-21(2)17(23(20(29)30-21)13-12-14-8-6-7-11-16(14)22)25-18(26)24(19(27)28-25)15-9-4-3-5-10-15/h3-11,17H,12-13H2,1-2H3. The lowest BCUT2D eigenvalue weighted by atomic mass is 10.1. The number of thiocarbonyl (C=S) groups is 1. The molecule has 156 valence electrons. The molecular weight excluding hydrogens is 425 g/mol. The van der Waals surface area contributed by atoms with Crippen molar-refractivity contribution in [2.24, 2.45) is 0 Å². The van der Waals surface area contributed by atoms with E-state index in [1.807, 2.05) is 18.7 Å². The second-order valence-electron chi connectivity index (χ2n) is 7.52. The van der Waals surface area contributed by atoms with Crippen LogP contribution in [0.5, 0.6) is 0 Å². The van der Waals surface area contributed by atoms with Gasteiger partial charge in [-0.15, -0.1) is 4.74 Å². The zero-order chi connectivity index (χ0) is 21.5. The van der Waals surface area contributed by atoms with Crippen LogP contribution in [-0.4, -0.2) is 29.8 Å². The van der Waals surface area contributed by atoms with Gasteiger partial charge in [-0.1, -0.05) is 60.4 Å². The van der Waals surface area contributed by atoms with E-state index in [0.717, 1.165) is 9.31 Å². The normalized spacial score (nSPS) is 18.2. The Morgan fingerprint density at radius 3 is 2.47 bits per heavy atom. The number of nitrogens with zero attached hydrogens (tertiary/aromatic N) is 3. The van der Waals surface area contributed by atoms with Gasteiger partial charge in [-0.05, 0) is 44.0 Å². The molecule has 1 saturated heterocycles. The Bertz CT molecular complexity index is 1200. The van der Waals surface area contributed by atoms with Gasteiger partial charge in [0.25, 0.3) is 0 Å². The van der Waals surface area contributed by atoms with Crippen LogP contribution in [0.3, 0.4) is 0 Å². The summed E-state index contributed by atoms with van der Waals surface area (Å²) in [7, 11) is 0. The van der Waals surface area contributed by atoms with E-state index >= 15 is 0 Å². The molecule has 1 atom stereocenters. The van der Waals surface area contributed by atoms with Gasteiger partial charge in [-0.3, -0.25) is 0 Å². The first-order valence-corrected chi connectivity index (χ1v) is 10.7. The van der Waals surface area contributed by atoms with E-state index in [2.05, 4.69) is 0 Å². The zero-order valence-electron chi connectivity index (χ0n) is 16.4. The molecule has 9 heteroatoms. The fraction of sp³-hybridized carbons (Fsp3) is 0.286. The summed E-state index contributed by atoms with van der Waals surface area (Å²) >= 11 is 6.97. The van der Waals surface area contributed by atoms with Crippen LogP contribution in [0.25, 0.3) is 5.69 Å². The van der Waals surface area contributed by atoms with Gasteiger partial charge in [0, 0.05) is 6.54 Å². The summed E-state index contributed by atoms with van der Waals surface area (Å²) in [4.78, 5) is 27.5. The SMILES string of the molecule is CC1(C)SC(=S)N(CCc2ccccc2F)C1n1oc(=O)n(-c2ccccc2)c1=O. The largest absolute Gasteiger partial charge is 0.447 e. The maximum Gasteiger partial charge on any atom is 0.447 e. The summed E-state index contributed by atoms with van der Waals surface area (Å²) in [6, 6.07) is 15.2. The quantitative estimate of drug-likeness (QED) is 0.560. The molecule has 1 fully saturated rings. The second-order valence-corrected chi connectivity index (χ2v) is 9.80. The number of hydrogen-bond acceptors (Lipinski definition) is 5. The molecule has 0 saturated carbocycles. The Hall–Kier alpha value is -2.65.